The van der Waals surface area contributed by atoms with Crippen molar-refractivity contribution in [1.82, 2.24) is 5.32 Å². The SMILES string of the molecule is CN[C@H]1CC[C@H](C(=O)O)C1.Cl. The van der Waals surface area contributed by atoms with Gasteiger partial charge in [-0.2, -0.15) is 0 Å². The lowest BCUT2D eigenvalue weighted by atomic mass is 10.1. The fourth-order valence-electron chi connectivity index (χ4n) is 1.47. The molecule has 11 heavy (non-hydrogen) atoms. The number of rotatable bonds is 2. The minimum atomic E-state index is -0.641. The van der Waals surface area contributed by atoms with Crippen molar-refractivity contribution in [3.05, 3.63) is 0 Å². The zero-order valence-electron chi connectivity index (χ0n) is 6.54. The fourth-order valence-corrected chi connectivity index (χ4v) is 1.47. The van der Waals surface area contributed by atoms with Crippen LogP contribution in [0.4, 0.5) is 0 Å². The summed E-state index contributed by atoms with van der Waals surface area (Å²) in [5.41, 5.74) is 0. The lowest BCUT2D eigenvalue weighted by molar-refractivity contribution is -0.141. The molecule has 0 amide bonds. The summed E-state index contributed by atoms with van der Waals surface area (Å²) in [6.45, 7) is 0. The van der Waals surface area contributed by atoms with E-state index < -0.39 is 5.97 Å². The lowest BCUT2D eigenvalue weighted by Gasteiger charge is -2.05. The Morgan fingerprint density at radius 1 is 1.55 bits per heavy atom. The molecule has 1 aliphatic carbocycles. The van der Waals surface area contributed by atoms with Crippen molar-refractivity contribution in [2.45, 2.75) is 25.3 Å². The number of nitrogens with one attached hydrogen (secondary N) is 1. The first-order valence-electron chi connectivity index (χ1n) is 3.64. The maximum Gasteiger partial charge on any atom is 0.306 e. The third-order valence-electron chi connectivity index (χ3n) is 2.19. The van der Waals surface area contributed by atoms with Crippen LogP contribution in [-0.2, 0) is 4.79 Å². The summed E-state index contributed by atoms with van der Waals surface area (Å²) >= 11 is 0. The molecule has 1 fully saturated rings. The van der Waals surface area contributed by atoms with E-state index in [4.69, 9.17) is 5.11 Å². The van der Waals surface area contributed by atoms with Gasteiger partial charge in [0.05, 0.1) is 5.92 Å². The smallest absolute Gasteiger partial charge is 0.306 e. The summed E-state index contributed by atoms with van der Waals surface area (Å²) in [6, 6.07) is 0.432. The number of hydrogen-bond acceptors (Lipinski definition) is 2. The van der Waals surface area contributed by atoms with Crippen molar-refractivity contribution < 1.29 is 9.90 Å². The van der Waals surface area contributed by atoms with Crippen LogP contribution < -0.4 is 5.32 Å². The number of carbonyl (C=O) groups is 1. The Balaban J connectivity index is 0.000001000. The van der Waals surface area contributed by atoms with Crippen LogP contribution in [0.3, 0.4) is 0 Å². The molecule has 0 unspecified atom stereocenters. The molecule has 2 atom stereocenters. The largest absolute Gasteiger partial charge is 0.481 e. The second-order valence-corrected chi connectivity index (χ2v) is 2.83. The van der Waals surface area contributed by atoms with E-state index in [1.165, 1.54) is 0 Å². The first kappa shape index (κ1) is 10.7. The Labute approximate surface area is 72.6 Å². The van der Waals surface area contributed by atoms with Crippen LogP contribution in [0.2, 0.25) is 0 Å². The average molecular weight is 180 g/mol. The number of hydrogen-bond donors (Lipinski definition) is 2. The van der Waals surface area contributed by atoms with Crippen LogP contribution in [-0.4, -0.2) is 24.2 Å². The second kappa shape index (κ2) is 4.57. The van der Waals surface area contributed by atoms with Crippen LogP contribution in [0.1, 0.15) is 19.3 Å². The highest BCUT2D eigenvalue weighted by molar-refractivity contribution is 5.85. The molecule has 0 aromatic carbocycles. The molecule has 1 saturated carbocycles. The molecule has 0 spiro atoms. The summed E-state index contributed by atoms with van der Waals surface area (Å²) in [5.74, 6) is -0.741. The van der Waals surface area contributed by atoms with Gasteiger partial charge in [-0.15, -0.1) is 12.4 Å². The van der Waals surface area contributed by atoms with E-state index >= 15 is 0 Å². The van der Waals surface area contributed by atoms with Gasteiger partial charge in [-0.1, -0.05) is 0 Å². The highest BCUT2D eigenvalue weighted by atomic mass is 35.5. The maximum atomic E-state index is 10.4. The molecule has 1 aliphatic rings. The van der Waals surface area contributed by atoms with Crippen LogP contribution in [0.15, 0.2) is 0 Å². The molecule has 0 aromatic heterocycles. The Morgan fingerprint density at radius 2 is 2.18 bits per heavy atom. The molecule has 0 radical (unpaired) electrons. The molecule has 0 bridgehead atoms. The topological polar surface area (TPSA) is 49.3 Å². The lowest BCUT2D eigenvalue weighted by Crippen LogP contribution is -2.22. The van der Waals surface area contributed by atoms with Crippen molar-refractivity contribution in [1.29, 1.82) is 0 Å². The van der Waals surface area contributed by atoms with E-state index in [0.717, 1.165) is 19.3 Å². The first-order valence-corrected chi connectivity index (χ1v) is 3.64. The van der Waals surface area contributed by atoms with Gasteiger partial charge in [0.1, 0.15) is 0 Å². The van der Waals surface area contributed by atoms with Gasteiger partial charge in [0.25, 0.3) is 0 Å². The highest BCUT2D eigenvalue weighted by Crippen LogP contribution is 2.24. The van der Waals surface area contributed by atoms with Gasteiger partial charge in [-0.05, 0) is 26.3 Å². The minimum absolute atomic E-state index is 0. The van der Waals surface area contributed by atoms with Crippen LogP contribution in [0, 0.1) is 5.92 Å². The average Bonchev–Trinajstić information content (AvgIpc) is 2.34. The first-order chi connectivity index (χ1) is 4.74. The zero-order chi connectivity index (χ0) is 7.56. The Morgan fingerprint density at radius 3 is 2.45 bits per heavy atom. The summed E-state index contributed by atoms with van der Waals surface area (Å²) in [6.07, 6.45) is 2.64. The summed E-state index contributed by atoms with van der Waals surface area (Å²) in [7, 11) is 1.88. The van der Waals surface area contributed by atoms with Crippen molar-refractivity contribution >= 4 is 18.4 Å². The van der Waals surface area contributed by atoms with Crippen molar-refractivity contribution in [3.63, 3.8) is 0 Å². The molecule has 3 nitrogen and oxygen atoms in total. The van der Waals surface area contributed by atoms with Gasteiger partial charge < -0.3 is 10.4 Å². The van der Waals surface area contributed by atoms with Gasteiger partial charge in [-0.3, -0.25) is 4.79 Å². The van der Waals surface area contributed by atoms with E-state index in [9.17, 15) is 4.79 Å². The van der Waals surface area contributed by atoms with E-state index in [-0.39, 0.29) is 18.3 Å². The van der Waals surface area contributed by atoms with Crippen LogP contribution in [0.25, 0.3) is 0 Å². The predicted molar refractivity (Wildman–Crippen MR) is 45.1 cm³/mol. The molecule has 0 heterocycles. The van der Waals surface area contributed by atoms with Crippen molar-refractivity contribution in [3.8, 4) is 0 Å². The Bertz CT molecular complexity index is 140. The number of carboxylic acids is 1. The third-order valence-corrected chi connectivity index (χ3v) is 2.19. The quantitative estimate of drug-likeness (QED) is 0.662. The molecule has 0 aromatic rings. The van der Waals surface area contributed by atoms with Crippen molar-refractivity contribution in [2.75, 3.05) is 7.05 Å². The normalized spacial score (nSPS) is 29.5. The van der Waals surface area contributed by atoms with Crippen molar-refractivity contribution in [2.24, 2.45) is 5.92 Å². The number of aliphatic carboxylic acids is 1. The van der Waals surface area contributed by atoms with Gasteiger partial charge in [0.15, 0.2) is 0 Å². The molecule has 66 valence electrons. The Kier molecular flexibility index (Phi) is 4.45. The van der Waals surface area contributed by atoms with E-state index in [0.29, 0.717) is 6.04 Å². The second-order valence-electron chi connectivity index (χ2n) is 2.83. The molecular formula is C7H14ClNO2. The summed E-state index contributed by atoms with van der Waals surface area (Å²) < 4.78 is 0. The van der Waals surface area contributed by atoms with E-state index in [1.807, 2.05) is 7.05 Å². The molecule has 1 rings (SSSR count). The van der Waals surface area contributed by atoms with Gasteiger partial charge >= 0.3 is 5.97 Å². The predicted octanol–water partition coefficient (Wildman–Crippen LogP) is 0.881. The van der Waals surface area contributed by atoms with Gasteiger partial charge in [0.2, 0.25) is 0 Å². The fraction of sp³-hybridized carbons (Fsp3) is 0.857. The molecular weight excluding hydrogens is 166 g/mol. The van der Waals surface area contributed by atoms with Gasteiger partial charge in [-0.25, -0.2) is 0 Å². The Hall–Kier alpha value is -0.280. The maximum absolute atomic E-state index is 10.4. The zero-order valence-corrected chi connectivity index (χ0v) is 7.36. The summed E-state index contributed by atoms with van der Waals surface area (Å²) in [4.78, 5) is 10.4. The molecule has 4 heteroatoms. The monoisotopic (exact) mass is 179 g/mol. The van der Waals surface area contributed by atoms with Gasteiger partial charge in [0, 0.05) is 6.04 Å². The minimum Gasteiger partial charge on any atom is -0.481 e. The highest BCUT2D eigenvalue weighted by Gasteiger charge is 2.28. The standard InChI is InChI=1S/C7H13NO2.ClH/c1-8-6-3-2-5(4-6)7(9)10;/h5-6,8H,2-4H2,1H3,(H,9,10);1H/t5-,6-;/m0./s1. The number of halogens is 1. The van der Waals surface area contributed by atoms with E-state index in [2.05, 4.69) is 5.32 Å². The van der Waals surface area contributed by atoms with E-state index in [1.54, 1.807) is 0 Å². The molecule has 0 saturated heterocycles. The third kappa shape index (κ3) is 2.67. The number of carboxylic acid groups (broad SMARTS) is 1. The van der Waals surface area contributed by atoms with Crippen LogP contribution >= 0.6 is 12.4 Å². The summed E-state index contributed by atoms with van der Waals surface area (Å²) in [5, 5.41) is 11.7. The molecule has 0 aliphatic heterocycles. The van der Waals surface area contributed by atoms with Crippen LogP contribution in [0.5, 0.6) is 0 Å². The molecule has 2 N–H and O–H groups in total.